The topological polar surface area (TPSA) is 66.8 Å². The van der Waals surface area contributed by atoms with E-state index in [2.05, 4.69) is 0 Å². The third kappa shape index (κ3) is 5.75. The Labute approximate surface area is 186 Å². The molecule has 1 N–H and O–H groups in total. The van der Waals surface area contributed by atoms with E-state index < -0.39 is 5.97 Å². The van der Waals surface area contributed by atoms with Gasteiger partial charge in [-0.2, -0.15) is 0 Å². The van der Waals surface area contributed by atoms with E-state index in [1.54, 1.807) is 0 Å². The van der Waals surface area contributed by atoms with Crippen LogP contribution in [0.25, 0.3) is 0 Å². The number of morpholine rings is 1. The summed E-state index contributed by atoms with van der Waals surface area (Å²) in [6.45, 7) is 1.97. The number of nitrogens with zero attached hydrogens (tertiary/aromatic N) is 1. The molecule has 2 aliphatic rings. The summed E-state index contributed by atoms with van der Waals surface area (Å²) < 4.78 is 6.01. The molecule has 2 aromatic carbocycles. The summed E-state index contributed by atoms with van der Waals surface area (Å²) in [6.07, 6.45) is 3.40. The van der Waals surface area contributed by atoms with Gasteiger partial charge in [0, 0.05) is 23.5 Å². The van der Waals surface area contributed by atoms with Crippen molar-refractivity contribution in [3.05, 3.63) is 69.7 Å². The van der Waals surface area contributed by atoms with Gasteiger partial charge in [0.25, 0.3) is 5.97 Å². The highest BCUT2D eigenvalue weighted by atomic mass is 35.5. The molecule has 2 unspecified atom stereocenters. The van der Waals surface area contributed by atoms with Crippen molar-refractivity contribution in [1.82, 2.24) is 4.90 Å². The lowest BCUT2D eigenvalue weighted by atomic mass is 9.83. The van der Waals surface area contributed by atoms with E-state index in [9.17, 15) is 4.79 Å². The quantitative estimate of drug-likeness (QED) is 0.666. The fraction of sp³-hybridized carbons (Fsp3) is 0.391. The van der Waals surface area contributed by atoms with Crippen LogP contribution in [0.4, 0.5) is 0 Å². The van der Waals surface area contributed by atoms with Gasteiger partial charge in [-0.05, 0) is 54.2 Å². The monoisotopic (exact) mass is 449 g/mol. The summed E-state index contributed by atoms with van der Waals surface area (Å²) in [4.78, 5) is 23.7. The molecule has 2 fully saturated rings. The molecule has 1 saturated heterocycles. The Morgan fingerprint density at radius 3 is 2.33 bits per heavy atom. The standard InChI is InChI=1S/C21H21Cl2NO2.C2H4O2/c22-17-9-7-15(8-10-17)20-21(16-5-2-6-18(23)11-16)26-13-19(25)24(20)12-14-3-1-4-14;1-2(3)4/h2,5-11,14,20-21H,1,3-4,12-13H2;1H3,(H,3,4). The van der Waals surface area contributed by atoms with Crippen LogP contribution < -0.4 is 0 Å². The van der Waals surface area contributed by atoms with Crippen molar-refractivity contribution in [2.24, 2.45) is 5.92 Å². The maximum Gasteiger partial charge on any atom is 0.300 e. The molecule has 0 bridgehead atoms. The SMILES string of the molecule is CC(=O)O.O=C1COC(c2cccc(Cl)c2)C(c2ccc(Cl)cc2)N1CC1CCC1. The molecule has 0 radical (unpaired) electrons. The van der Waals surface area contributed by atoms with Crippen molar-refractivity contribution in [3.63, 3.8) is 0 Å². The summed E-state index contributed by atoms with van der Waals surface area (Å²) >= 11 is 12.3. The van der Waals surface area contributed by atoms with Crippen molar-refractivity contribution < 1.29 is 19.4 Å². The maximum absolute atomic E-state index is 12.7. The normalized spacial score (nSPS) is 21.4. The van der Waals surface area contributed by atoms with Crippen molar-refractivity contribution in [2.45, 2.75) is 38.3 Å². The second-order valence-electron chi connectivity index (χ2n) is 7.65. The fourth-order valence-corrected chi connectivity index (χ4v) is 4.12. The zero-order chi connectivity index (χ0) is 21.7. The molecule has 0 aromatic heterocycles. The Morgan fingerprint density at radius 2 is 1.77 bits per heavy atom. The Bertz CT molecular complexity index is 879. The largest absolute Gasteiger partial charge is 0.481 e. The average Bonchev–Trinajstić information content (AvgIpc) is 2.65. The average molecular weight is 450 g/mol. The number of rotatable bonds is 4. The molecule has 7 heteroatoms. The molecule has 0 spiro atoms. The molecule has 1 amide bonds. The van der Waals surface area contributed by atoms with Gasteiger partial charge in [-0.3, -0.25) is 9.59 Å². The molecule has 1 heterocycles. The molecule has 30 heavy (non-hydrogen) atoms. The molecule has 2 atom stereocenters. The van der Waals surface area contributed by atoms with E-state index in [1.807, 2.05) is 53.4 Å². The van der Waals surface area contributed by atoms with Gasteiger partial charge in [0.1, 0.15) is 12.7 Å². The number of carboxylic acids is 1. The van der Waals surface area contributed by atoms with Crippen LogP contribution in [0.5, 0.6) is 0 Å². The first-order chi connectivity index (χ1) is 14.3. The zero-order valence-corrected chi connectivity index (χ0v) is 18.3. The van der Waals surface area contributed by atoms with Gasteiger partial charge in [-0.1, -0.05) is 53.9 Å². The minimum Gasteiger partial charge on any atom is -0.481 e. The van der Waals surface area contributed by atoms with Crippen molar-refractivity contribution >= 4 is 35.1 Å². The van der Waals surface area contributed by atoms with E-state index >= 15 is 0 Å². The summed E-state index contributed by atoms with van der Waals surface area (Å²) in [5, 5.41) is 8.77. The molecule has 5 nitrogen and oxygen atoms in total. The second-order valence-corrected chi connectivity index (χ2v) is 8.52. The molecular formula is C23H25Cl2NO4. The van der Waals surface area contributed by atoms with Gasteiger partial charge in [-0.15, -0.1) is 0 Å². The number of ether oxygens (including phenoxy) is 1. The van der Waals surface area contributed by atoms with Crippen LogP contribution in [-0.2, 0) is 14.3 Å². The highest BCUT2D eigenvalue weighted by molar-refractivity contribution is 6.30. The summed E-state index contributed by atoms with van der Waals surface area (Å²) in [5.41, 5.74) is 2.02. The van der Waals surface area contributed by atoms with Crippen LogP contribution in [0.3, 0.4) is 0 Å². The van der Waals surface area contributed by atoms with E-state index in [-0.39, 0.29) is 24.7 Å². The van der Waals surface area contributed by atoms with Crippen molar-refractivity contribution in [3.8, 4) is 0 Å². The Balaban J connectivity index is 0.000000589. The number of amides is 1. The number of benzene rings is 2. The van der Waals surface area contributed by atoms with Crippen LogP contribution in [0, 0.1) is 5.92 Å². The molecule has 4 rings (SSSR count). The van der Waals surface area contributed by atoms with E-state index in [1.165, 1.54) is 19.3 Å². The number of hydrogen-bond donors (Lipinski definition) is 1. The highest BCUT2D eigenvalue weighted by Gasteiger charge is 2.40. The van der Waals surface area contributed by atoms with E-state index in [0.29, 0.717) is 16.0 Å². The van der Waals surface area contributed by atoms with Gasteiger partial charge >= 0.3 is 0 Å². The predicted octanol–water partition coefficient (Wildman–Crippen LogP) is 5.53. The summed E-state index contributed by atoms with van der Waals surface area (Å²) in [5.74, 6) is -0.193. The number of hydrogen-bond acceptors (Lipinski definition) is 3. The molecule has 160 valence electrons. The first kappa shape index (κ1) is 22.6. The van der Waals surface area contributed by atoms with Crippen LogP contribution in [0.2, 0.25) is 10.0 Å². The van der Waals surface area contributed by atoms with Crippen molar-refractivity contribution in [2.75, 3.05) is 13.2 Å². The van der Waals surface area contributed by atoms with Gasteiger partial charge in [0.15, 0.2) is 0 Å². The van der Waals surface area contributed by atoms with Gasteiger partial charge in [-0.25, -0.2) is 0 Å². The fourth-order valence-electron chi connectivity index (χ4n) is 3.80. The van der Waals surface area contributed by atoms with E-state index in [4.69, 9.17) is 37.8 Å². The number of carboxylic acid groups (broad SMARTS) is 1. The predicted molar refractivity (Wildman–Crippen MR) is 117 cm³/mol. The molecular weight excluding hydrogens is 425 g/mol. The van der Waals surface area contributed by atoms with Crippen LogP contribution in [0.1, 0.15) is 49.5 Å². The molecule has 1 aliphatic carbocycles. The van der Waals surface area contributed by atoms with Crippen LogP contribution in [0.15, 0.2) is 48.5 Å². The summed E-state index contributed by atoms with van der Waals surface area (Å²) in [7, 11) is 0. The Morgan fingerprint density at radius 1 is 1.10 bits per heavy atom. The first-order valence-electron chi connectivity index (χ1n) is 9.96. The second kappa shape index (κ2) is 10.3. The lowest BCUT2D eigenvalue weighted by Gasteiger charge is -2.44. The maximum atomic E-state index is 12.7. The third-order valence-electron chi connectivity index (χ3n) is 5.40. The van der Waals surface area contributed by atoms with Gasteiger partial charge in [0.05, 0.1) is 6.04 Å². The zero-order valence-electron chi connectivity index (χ0n) is 16.8. The minimum absolute atomic E-state index is 0.0510. The Hall–Kier alpha value is -2.08. The number of carbonyl (C=O) groups excluding carboxylic acids is 1. The lowest BCUT2D eigenvalue weighted by Crippen LogP contribution is -2.48. The summed E-state index contributed by atoms with van der Waals surface area (Å²) in [6, 6.07) is 15.2. The van der Waals surface area contributed by atoms with Crippen molar-refractivity contribution in [1.29, 1.82) is 0 Å². The number of halogens is 2. The van der Waals surface area contributed by atoms with E-state index in [0.717, 1.165) is 24.6 Å². The van der Waals surface area contributed by atoms with Crippen LogP contribution in [-0.4, -0.2) is 35.0 Å². The first-order valence-corrected chi connectivity index (χ1v) is 10.7. The molecule has 1 aliphatic heterocycles. The number of aliphatic carboxylic acids is 1. The minimum atomic E-state index is -0.833. The van der Waals surface area contributed by atoms with Gasteiger partial charge < -0.3 is 14.7 Å². The lowest BCUT2D eigenvalue weighted by molar-refractivity contribution is -0.160. The Kier molecular flexibility index (Phi) is 7.75. The smallest absolute Gasteiger partial charge is 0.300 e. The third-order valence-corrected chi connectivity index (χ3v) is 5.88. The van der Waals surface area contributed by atoms with Crippen LogP contribution >= 0.6 is 23.2 Å². The highest BCUT2D eigenvalue weighted by Crippen LogP contribution is 2.42. The van der Waals surface area contributed by atoms with Gasteiger partial charge in [0.2, 0.25) is 5.91 Å². The molecule has 2 aromatic rings. The molecule has 1 saturated carbocycles. The number of carbonyl (C=O) groups is 2.